The third kappa shape index (κ3) is 3.67. The van der Waals surface area contributed by atoms with Crippen molar-refractivity contribution in [3.8, 4) is 28.7 Å². The second kappa shape index (κ2) is 8.06. The van der Waals surface area contributed by atoms with E-state index in [0.717, 1.165) is 12.1 Å². The van der Waals surface area contributed by atoms with Crippen LogP contribution in [0.15, 0.2) is 45.7 Å². The number of fused-ring (bicyclic) bond motifs is 1. The minimum Gasteiger partial charge on any atom is -0.495 e. The van der Waals surface area contributed by atoms with Gasteiger partial charge in [-0.3, -0.25) is 0 Å². The molecule has 32 heavy (non-hydrogen) atoms. The fourth-order valence-electron chi connectivity index (χ4n) is 3.90. The summed E-state index contributed by atoms with van der Waals surface area (Å²) < 4.78 is 63.2. The summed E-state index contributed by atoms with van der Waals surface area (Å²) in [7, 11) is -2.62. The highest BCUT2D eigenvalue weighted by Gasteiger charge is 2.35. The summed E-state index contributed by atoms with van der Waals surface area (Å²) >= 11 is 0. The van der Waals surface area contributed by atoms with Crippen molar-refractivity contribution in [3.63, 3.8) is 0 Å². The fraction of sp³-hybridized carbons (Fsp3) is 0.333. The van der Waals surface area contributed by atoms with Crippen LogP contribution in [0, 0.1) is 5.82 Å². The van der Waals surface area contributed by atoms with Crippen molar-refractivity contribution in [2.24, 2.45) is 0 Å². The first-order valence-electron chi connectivity index (χ1n) is 10.0. The molecule has 5 rings (SSSR count). The van der Waals surface area contributed by atoms with E-state index >= 15 is 0 Å². The maximum Gasteiger partial charge on any atom is 0.247 e. The fourth-order valence-corrected chi connectivity index (χ4v) is 5.59. The van der Waals surface area contributed by atoms with Gasteiger partial charge in [0.1, 0.15) is 16.5 Å². The SMILES string of the molecule is COc1ccc(F)cc1S(=O)(=O)N1CCCC(c2nnc(-c3ccc4c(c3)OCO4)o2)C1. The first-order valence-corrected chi connectivity index (χ1v) is 11.5. The Labute approximate surface area is 183 Å². The third-order valence-corrected chi connectivity index (χ3v) is 7.42. The lowest BCUT2D eigenvalue weighted by atomic mass is 10.00. The molecule has 0 spiro atoms. The highest BCUT2D eigenvalue weighted by Crippen LogP contribution is 2.37. The van der Waals surface area contributed by atoms with E-state index in [1.165, 1.54) is 17.5 Å². The van der Waals surface area contributed by atoms with Crippen LogP contribution < -0.4 is 14.2 Å². The van der Waals surface area contributed by atoms with Crippen molar-refractivity contribution in [1.29, 1.82) is 0 Å². The van der Waals surface area contributed by atoms with E-state index in [1.807, 2.05) is 0 Å². The minimum atomic E-state index is -3.97. The van der Waals surface area contributed by atoms with E-state index < -0.39 is 15.8 Å². The molecule has 0 aliphatic carbocycles. The van der Waals surface area contributed by atoms with Crippen LogP contribution in [0.25, 0.3) is 11.5 Å². The zero-order chi connectivity index (χ0) is 22.3. The Hall–Kier alpha value is -3.18. The van der Waals surface area contributed by atoms with E-state index in [0.29, 0.717) is 48.2 Å². The molecule has 168 valence electrons. The van der Waals surface area contributed by atoms with Gasteiger partial charge in [-0.2, -0.15) is 4.31 Å². The summed E-state index contributed by atoms with van der Waals surface area (Å²) in [5.41, 5.74) is 0.679. The average Bonchev–Trinajstić information content (AvgIpc) is 3.48. The van der Waals surface area contributed by atoms with Crippen molar-refractivity contribution in [1.82, 2.24) is 14.5 Å². The lowest BCUT2D eigenvalue weighted by molar-refractivity contribution is 0.174. The zero-order valence-corrected chi connectivity index (χ0v) is 18.0. The number of hydrogen-bond acceptors (Lipinski definition) is 8. The summed E-state index contributed by atoms with van der Waals surface area (Å²) in [6.07, 6.45) is 1.29. The van der Waals surface area contributed by atoms with E-state index in [2.05, 4.69) is 10.2 Å². The second-order valence-electron chi connectivity index (χ2n) is 7.51. The lowest BCUT2D eigenvalue weighted by Gasteiger charge is -2.30. The molecule has 3 heterocycles. The quantitative estimate of drug-likeness (QED) is 0.571. The van der Waals surface area contributed by atoms with Gasteiger partial charge in [-0.1, -0.05) is 0 Å². The summed E-state index contributed by atoms with van der Waals surface area (Å²) in [6.45, 7) is 0.614. The lowest BCUT2D eigenvalue weighted by Crippen LogP contribution is -2.39. The van der Waals surface area contributed by atoms with Gasteiger partial charge < -0.3 is 18.6 Å². The van der Waals surface area contributed by atoms with Crippen LogP contribution in [0.1, 0.15) is 24.7 Å². The van der Waals surface area contributed by atoms with Gasteiger partial charge in [0.05, 0.1) is 13.0 Å². The van der Waals surface area contributed by atoms with Crippen molar-refractivity contribution in [2.45, 2.75) is 23.7 Å². The standard InChI is InChI=1S/C21H20FN3O6S/c1-28-17-7-5-15(22)10-19(17)32(26,27)25-8-2-3-14(11-25)21-24-23-20(31-21)13-4-6-16-18(9-13)30-12-29-16/h4-7,9-10,14H,2-3,8,11-12H2,1H3. The van der Waals surface area contributed by atoms with Gasteiger partial charge in [0.25, 0.3) is 0 Å². The summed E-state index contributed by atoms with van der Waals surface area (Å²) in [5, 5.41) is 8.27. The molecule has 3 aromatic rings. The highest BCUT2D eigenvalue weighted by molar-refractivity contribution is 7.89. The maximum atomic E-state index is 13.8. The Morgan fingerprint density at radius 3 is 2.81 bits per heavy atom. The Kier molecular flexibility index (Phi) is 5.22. The molecule has 1 fully saturated rings. The number of aromatic nitrogens is 2. The third-order valence-electron chi connectivity index (χ3n) is 5.54. The molecule has 9 nitrogen and oxygen atoms in total. The average molecular weight is 461 g/mol. The molecule has 1 aromatic heterocycles. The number of rotatable bonds is 5. The summed E-state index contributed by atoms with van der Waals surface area (Å²) in [4.78, 5) is -0.202. The molecule has 0 N–H and O–H groups in total. The van der Waals surface area contributed by atoms with Crippen LogP contribution in [-0.4, -0.2) is 49.9 Å². The molecule has 0 radical (unpaired) electrons. The van der Waals surface area contributed by atoms with Crippen LogP contribution in [0.2, 0.25) is 0 Å². The summed E-state index contributed by atoms with van der Waals surface area (Å²) in [5.74, 6) is 1.07. The van der Waals surface area contributed by atoms with Crippen molar-refractivity contribution in [2.75, 3.05) is 27.0 Å². The van der Waals surface area contributed by atoms with Crippen LogP contribution >= 0.6 is 0 Å². The summed E-state index contributed by atoms with van der Waals surface area (Å²) in [6, 6.07) is 8.75. The van der Waals surface area contributed by atoms with Crippen LogP contribution in [-0.2, 0) is 10.0 Å². The smallest absolute Gasteiger partial charge is 0.247 e. The van der Waals surface area contributed by atoms with Gasteiger partial charge in [0.15, 0.2) is 11.5 Å². The topological polar surface area (TPSA) is 104 Å². The normalized spacial score (nSPS) is 18.6. The Bertz CT molecular complexity index is 1260. The predicted octanol–water partition coefficient (Wildman–Crippen LogP) is 3.18. The molecule has 0 saturated carbocycles. The molecule has 1 atom stereocenters. The van der Waals surface area contributed by atoms with Crippen LogP contribution in [0.3, 0.4) is 0 Å². The Morgan fingerprint density at radius 2 is 1.97 bits per heavy atom. The predicted molar refractivity (Wildman–Crippen MR) is 110 cm³/mol. The number of nitrogens with zero attached hydrogens (tertiary/aromatic N) is 3. The largest absolute Gasteiger partial charge is 0.495 e. The molecule has 1 saturated heterocycles. The highest BCUT2D eigenvalue weighted by atomic mass is 32.2. The van der Waals surface area contributed by atoms with Gasteiger partial charge in [-0.05, 0) is 49.2 Å². The number of sulfonamides is 1. The van der Waals surface area contributed by atoms with Crippen molar-refractivity contribution < 1.29 is 31.4 Å². The van der Waals surface area contributed by atoms with E-state index in [9.17, 15) is 12.8 Å². The number of halogens is 1. The first-order chi connectivity index (χ1) is 15.5. The number of methoxy groups -OCH3 is 1. The van der Waals surface area contributed by atoms with E-state index in [4.69, 9.17) is 18.6 Å². The zero-order valence-electron chi connectivity index (χ0n) is 17.2. The van der Waals surface area contributed by atoms with Crippen LogP contribution in [0.5, 0.6) is 17.2 Å². The molecule has 11 heteroatoms. The Morgan fingerprint density at radius 1 is 1.12 bits per heavy atom. The molecule has 2 aliphatic rings. The number of benzene rings is 2. The minimum absolute atomic E-state index is 0.0939. The molecule has 1 unspecified atom stereocenters. The van der Waals surface area contributed by atoms with E-state index in [-0.39, 0.29) is 29.9 Å². The van der Waals surface area contributed by atoms with Crippen molar-refractivity contribution in [3.05, 3.63) is 48.1 Å². The number of ether oxygens (including phenoxy) is 3. The van der Waals surface area contributed by atoms with Gasteiger partial charge in [0, 0.05) is 18.7 Å². The van der Waals surface area contributed by atoms with Gasteiger partial charge in [-0.15, -0.1) is 10.2 Å². The van der Waals surface area contributed by atoms with Gasteiger partial charge in [0.2, 0.25) is 28.6 Å². The molecular weight excluding hydrogens is 441 g/mol. The van der Waals surface area contributed by atoms with Crippen molar-refractivity contribution >= 4 is 10.0 Å². The second-order valence-corrected chi connectivity index (χ2v) is 9.42. The number of hydrogen-bond donors (Lipinski definition) is 0. The Balaban J connectivity index is 1.39. The first kappa shape index (κ1) is 20.7. The molecule has 0 amide bonds. The molecular formula is C21H20FN3O6S. The van der Waals surface area contributed by atoms with Gasteiger partial charge in [-0.25, -0.2) is 12.8 Å². The molecule has 2 aromatic carbocycles. The molecule has 0 bridgehead atoms. The van der Waals surface area contributed by atoms with E-state index in [1.54, 1.807) is 18.2 Å². The number of piperidine rings is 1. The monoisotopic (exact) mass is 461 g/mol. The van der Waals surface area contributed by atoms with Crippen LogP contribution in [0.4, 0.5) is 4.39 Å². The van der Waals surface area contributed by atoms with Gasteiger partial charge >= 0.3 is 0 Å². The molecule has 2 aliphatic heterocycles. The maximum absolute atomic E-state index is 13.8.